The molecule has 0 saturated heterocycles. The molecule has 0 aromatic carbocycles. The zero-order valence-corrected chi connectivity index (χ0v) is 9.46. The smallest absolute Gasteiger partial charge is 0.230 e. The summed E-state index contributed by atoms with van der Waals surface area (Å²) in [6.45, 7) is 0. The number of rotatable bonds is 4. The van der Waals surface area contributed by atoms with E-state index in [1.54, 1.807) is 11.8 Å². The Kier molecular flexibility index (Phi) is 4.96. The molecule has 1 amide bonds. The van der Waals surface area contributed by atoms with Crippen LogP contribution in [0.2, 0.25) is 0 Å². The number of hydrogen-bond acceptors (Lipinski definition) is 2. The van der Waals surface area contributed by atoms with Gasteiger partial charge in [0.1, 0.15) is 0 Å². The van der Waals surface area contributed by atoms with Crippen LogP contribution < -0.4 is 5.32 Å². The van der Waals surface area contributed by atoms with Gasteiger partial charge in [0.25, 0.3) is 0 Å². The summed E-state index contributed by atoms with van der Waals surface area (Å²) < 4.78 is 0. The molecule has 0 heterocycles. The van der Waals surface area contributed by atoms with Crippen molar-refractivity contribution in [3.05, 3.63) is 0 Å². The summed E-state index contributed by atoms with van der Waals surface area (Å²) >= 11 is 7.36. The molecule has 2 unspecified atom stereocenters. The highest BCUT2D eigenvalue weighted by Gasteiger charge is 2.27. The van der Waals surface area contributed by atoms with E-state index >= 15 is 0 Å². The average Bonchev–Trinajstić information content (AvgIpc) is 2.52. The molecule has 2 nitrogen and oxygen atoms in total. The van der Waals surface area contributed by atoms with Gasteiger partial charge in [-0.05, 0) is 25.0 Å². The van der Waals surface area contributed by atoms with E-state index in [2.05, 4.69) is 5.32 Å². The molecule has 13 heavy (non-hydrogen) atoms. The van der Waals surface area contributed by atoms with Gasteiger partial charge in [0.05, 0.1) is 5.75 Å². The number of alkyl halides is 1. The van der Waals surface area contributed by atoms with E-state index < -0.39 is 0 Å². The van der Waals surface area contributed by atoms with Crippen molar-refractivity contribution >= 4 is 29.3 Å². The molecule has 1 rings (SSSR count). The first-order valence-corrected chi connectivity index (χ1v) is 6.55. The van der Waals surface area contributed by atoms with Gasteiger partial charge in [-0.15, -0.1) is 11.6 Å². The lowest BCUT2D eigenvalue weighted by atomic mass is 10.1. The highest BCUT2D eigenvalue weighted by Crippen LogP contribution is 2.26. The molecule has 76 valence electrons. The first-order valence-electron chi connectivity index (χ1n) is 4.62. The van der Waals surface area contributed by atoms with Gasteiger partial charge in [-0.2, -0.15) is 11.8 Å². The van der Waals surface area contributed by atoms with E-state index in [1.807, 2.05) is 6.26 Å². The summed E-state index contributed by atoms with van der Waals surface area (Å²) in [5.41, 5.74) is 0. The zero-order valence-electron chi connectivity index (χ0n) is 7.88. The Morgan fingerprint density at radius 1 is 1.62 bits per heavy atom. The molecule has 1 N–H and O–H groups in total. The lowest BCUT2D eigenvalue weighted by molar-refractivity contribution is -0.119. The van der Waals surface area contributed by atoms with Crippen LogP contribution in [0.25, 0.3) is 0 Å². The first-order chi connectivity index (χ1) is 6.27. The first kappa shape index (κ1) is 11.2. The summed E-state index contributed by atoms with van der Waals surface area (Å²) in [4.78, 5) is 11.3. The fourth-order valence-electron chi connectivity index (χ4n) is 1.79. The second-order valence-electron chi connectivity index (χ2n) is 3.45. The number of carbonyl (C=O) groups excluding carboxylic acids is 1. The van der Waals surface area contributed by atoms with E-state index in [0.29, 0.717) is 23.6 Å². The van der Waals surface area contributed by atoms with Crippen molar-refractivity contribution in [2.45, 2.75) is 25.3 Å². The van der Waals surface area contributed by atoms with Gasteiger partial charge in [-0.1, -0.05) is 6.42 Å². The maximum atomic E-state index is 11.3. The largest absolute Gasteiger partial charge is 0.352 e. The van der Waals surface area contributed by atoms with Crippen LogP contribution in [-0.4, -0.2) is 29.8 Å². The monoisotopic (exact) mass is 221 g/mol. The Balaban J connectivity index is 2.30. The number of hydrogen-bond donors (Lipinski definition) is 1. The minimum absolute atomic E-state index is 0.148. The maximum absolute atomic E-state index is 11.3. The van der Waals surface area contributed by atoms with E-state index in [-0.39, 0.29) is 5.91 Å². The van der Waals surface area contributed by atoms with Crippen molar-refractivity contribution in [3.63, 3.8) is 0 Å². The van der Waals surface area contributed by atoms with Crippen molar-refractivity contribution in [3.8, 4) is 0 Å². The minimum atomic E-state index is 0.148. The second kappa shape index (κ2) is 5.76. The Hall–Kier alpha value is 0.110. The molecule has 0 aliphatic heterocycles. The summed E-state index contributed by atoms with van der Waals surface area (Å²) in [6, 6.07) is 0.331. The zero-order chi connectivity index (χ0) is 9.68. The third-order valence-corrected chi connectivity index (χ3v) is 3.43. The lowest BCUT2D eigenvalue weighted by Gasteiger charge is -2.18. The van der Waals surface area contributed by atoms with Crippen LogP contribution in [0.5, 0.6) is 0 Å². The van der Waals surface area contributed by atoms with Gasteiger partial charge >= 0.3 is 0 Å². The van der Waals surface area contributed by atoms with E-state index in [9.17, 15) is 4.79 Å². The summed E-state index contributed by atoms with van der Waals surface area (Å²) in [5.74, 6) is 1.87. The van der Waals surface area contributed by atoms with Crippen LogP contribution in [0.1, 0.15) is 19.3 Å². The molecule has 0 spiro atoms. The molecule has 2 atom stereocenters. The highest BCUT2D eigenvalue weighted by atomic mass is 35.5. The van der Waals surface area contributed by atoms with Crippen molar-refractivity contribution < 1.29 is 4.79 Å². The van der Waals surface area contributed by atoms with Crippen molar-refractivity contribution in [2.75, 3.05) is 17.9 Å². The average molecular weight is 222 g/mol. The molecule has 0 bridgehead atoms. The molecular formula is C9H16ClNOS. The Morgan fingerprint density at radius 2 is 2.38 bits per heavy atom. The second-order valence-corrected chi connectivity index (χ2v) is 4.63. The van der Waals surface area contributed by atoms with Crippen LogP contribution in [0.3, 0.4) is 0 Å². The quantitative estimate of drug-likeness (QED) is 0.735. The molecule has 0 radical (unpaired) electrons. The lowest BCUT2D eigenvalue weighted by Crippen LogP contribution is -2.38. The third-order valence-electron chi connectivity index (χ3n) is 2.48. The van der Waals surface area contributed by atoms with E-state index in [4.69, 9.17) is 11.6 Å². The van der Waals surface area contributed by atoms with Gasteiger partial charge in [0.2, 0.25) is 5.91 Å². The molecule has 4 heteroatoms. The number of carbonyl (C=O) groups is 1. The molecule has 1 aliphatic rings. The van der Waals surface area contributed by atoms with Gasteiger partial charge in [-0.3, -0.25) is 4.79 Å². The van der Waals surface area contributed by atoms with Gasteiger partial charge in [0, 0.05) is 11.9 Å². The molecule has 1 fully saturated rings. The number of amides is 1. The summed E-state index contributed by atoms with van der Waals surface area (Å²) in [5, 5.41) is 3.04. The van der Waals surface area contributed by atoms with Crippen LogP contribution in [0, 0.1) is 5.92 Å². The minimum Gasteiger partial charge on any atom is -0.352 e. The maximum Gasteiger partial charge on any atom is 0.230 e. The summed E-state index contributed by atoms with van der Waals surface area (Å²) in [7, 11) is 0. The Bertz CT molecular complexity index is 177. The fourth-order valence-corrected chi connectivity index (χ4v) is 2.51. The van der Waals surface area contributed by atoms with Gasteiger partial charge < -0.3 is 5.32 Å². The number of halogens is 1. The van der Waals surface area contributed by atoms with Crippen molar-refractivity contribution in [1.29, 1.82) is 0 Å². The van der Waals surface area contributed by atoms with Crippen LogP contribution in [0.15, 0.2) is 0 Å². The predicted octanol–water partition coefficient (Wildman–Crippen LogP) is 1.87. The molecular weight excluding hydrogens is 206 g/mol. The van der Waals surface area contributed by atoms with Gasteiger partial charge in [0.15, 0.2) is 0 Å². The topological polar surface area (TPSA) is 29.1 Å². The van der Waals surface area contributed by atoms with E-state index in [0.717, 1.165) is 12.8 Å². The van der Waals surface area contributed by atoms with Crippen molar-refractivity contribution in [2.24, 2.45) is 5.92 Å². The number of thioether (sulfide) groups is 1. The fraction of sp³-hybridized carbons (Fsp3) is 0.889. The van der Waals surface area contributed by atoms with E-state index in [1.165, 1.54) is 6.42 Å². The van der Waals surface area contributed by atoms with Crippen LogP contribution >= 0.6 is 23.4 Å². The Morgan fingerprint density at radius 3 is 3.00 bits per heavy atom. The molecule has 0 aromatic heterocycles. The van der Waals surface area contributed by atoms with Crippen LogP contribution in [0.4, 0.5) is 0 Å². The molecule has 1 aliphatic carbocycles. The predicted molar refractivity (Wildman–Crippen MR) is 58.4 cm³/mol. The van der Waals surface area contributed by atoms with Crippen molar-refractivity contribution in [1.82, 2.24) is 5.32 Å². The Labute approximate surface area is 88.8 Å². The number of nitrogens with one attached hydrogen (secondary N) is 1. The summed E-state index contributed by atoms with van der Waals surface area (Å²) in [6.07, 6.45) is 5.39. The van der Waals surface area contributed by atoms with Crippen LogP contribution in [-0.2, 0) is 4.79 Å². The SMILES string of the molecule is CSCC(=O)NC1CCCC1CCl. The van der Waals surface area contributed by atoms with Gasteiger partial charge in [-0.25, -0.2) is 0 Å². The molecule has 0 aromatic rings. The standard InChI is InChI=1S/C9H16ClNOS/c1-13-6-9(12)11-8-4-2-3-7(8)5-10/h7-8H,2-6H2,1H3,(H,11,12). The third kappa shape index (κ3) is 3.39. The molecule has 1 saturated carbocycles. The highest BCUT2D eigenvalue weighted by molar-refractivity contribution is 7.99. The normalized spacial score (nSPS) is 27.5.